The maximum Gasteiger partial charge on any atom is 0.309 e. The predicted octanol–water partition coefficient (Wildman–Crippen LogP) is 3.42. The van der Waals surface area contributed by atoms with Crippen molar-refractivity contribution in [3.8, 4) is 0 Å². The van der Waals surface area contributed by atoms with Crippen molar-refractivity contribution in [2.24, 2.45) is 34.5 Å². The van der Waals surface area contributed by atoms with E-state index in [4.69, 9.17) is 4.74 Å². The molecular weight excluding hydrogens is 314 g/mol. The number of rotatable bonds is 1. The molecule has 1 amide bonds. The number of carbonyl (C=O) groups excluding carboxylic acids is 2. The van der Waals surface area contributed by atoms with Gasteiger partial charge < -0.3 is 9.64 Å². The van der Waals surface area contributed by atoms with E-state index < -0.39 is 0 Å². The number of hydrogen-bond donors (Lipinski definition) is 0. The van der Waals surface area contributed by atoms with E-state index in [9.17, 15) is 9.59 Å². The zero-order chi connectivity index (χ0) is 18.0. The molecule has 0 saturated heterocycles. The van der Waals surface area contributed by atoms with Crippen molar-refractivity contribution in [1.82, 2.24) is 4.90 Å². The van der Waals surface area contributed by atoms with Crippen LogP contribution in [0.4, 0.5) is 0 Å². The lowest BCUT2D eigenvalue weighted by atomic mass is 9.47. The van der Waals surface area contributed by atoms with E-state index in [1.807, 2.05) is 11.9 Å². The van der Waals surface area contributed by atoms with E-state index in [-0.39, 0.29) is 28.6 Å². The largest absolute Gasteiger partial charge is 0.469 e. The summed E-state index contributed by atoms with van der Waals surface area (Å²) >= 11 is 0. The molecule has 25 heavy (non-hydrogen) atoms. The number of amides is 1. The molecule has 4 rings (SSSR count). The third kappa shape index (κ3) is 2.18. The predicted molar refractivity (Wildman–Crippen MR) is 95.6 cm³/mol. The van der Waals surface area contributed by atoms with Gasteiger partial charge in [-0.25, -0.2) is 0 Å². The molecule has 0 bridgehead atoms. The first-order valence-corrected chi connectivity index (χ1v) is 9.87. The summed E-state index contributed by atoms with van der Waals surface area (Å²) in [6.07, 6.45) is 10.7. The Morgan fingerprint density at radius 3 is 2.64 bits per heavy atom. The quantitative estimate of drug-likeness (QED) is 0.684. The number of nitrogens with zero attached hydrogens (tertiary/aromatic N) is 1. The maximum atomic E-state index is 12.3. The van der Waals surface area contributed by atoms with E-state index in [0.717, 1.165) is 32.1 Å². The molecule has 3 aliphatic carbocycles. The van der Waals surface area contributed by atoms with Gasteiger partial charge in [0.1, 0.15) is 0 Å². The third-order valence-corrected chi connectivity index (χ3v) is 8.61. The van der Waals surface area contributed by atoms with Crippen LogP contribution in [-0.4, -0.2) is 37.0 Å². The highest BCUT2D eigenvalue weighted by atomic mass is 16.5. The van der Waals surface area contributed by atoms with Crippen LogP contribution < -0.4 is 0 Å². The summed E-state index contributed by atoms with van der Waals surface area (Å²) in [7, 11) is 3.49. The molecule has 1 heterocycles. The van der Waals surface area contributed by atoms with Crippen LogP contribution in [0.2, 0.25) is 0 Å². The molecule has 0 unspecified atom stereocenters. The second-order valence-electron chi connectivity index (χ2n) is 9.32. The molecule has 0 aromatic heterocycles. The summed E-state index contributed by atoms with van der Waals surface area (Å²) in [6.45, 7) is 4.70. The second-order valence-corrected chi connectivity index (χ2v) is 9.32. The first-order chi connectivity index (χ1) is 11.8. The number of ether oxygens (including phenoxy) is 1. The van der Waals surface area contributed by atoms with Crippen LogP contribution in [0.25, 0.3) is 0 Å². The van der Waals surface area contributed by atoms with E-state index >= 15 is 0 Å². The van der Waals surface area contributed by atoms with Crippen molar-refractivity contribution in [3.05, 3.63) is 12.2 Å². The molecule has 3 saturated carbocycles. The van der Waals surface area contributed by atoms with E-state index in [1.54, 1.807) is 6.08 Å². The molecule has 3 fully saturated rings. The van der Waals surface area contributed by atoms with Gasteiger partial charge in [-0.2, -0.15) is 0 Å². The van der Waals surface area contributed by atoms with Crippen molar-refractivity contribution in [3.63, 3.8) is 0 Å². The Balaban J connectivity index is 1.65. The first kappa shape index (κ1) is 17.1. The lowest BCUT2D eigenvalue weighted by molar-refractivity contribution is -0.155. The number of carbonyl (C=O) groups is 2. The van der Waals surface area contributed by atoms with Crippen molar-refractivity contribution in [2.45, 2.75) is 58.4 Å². The first-order valence-electron chi connectivity index (χ1n) is 9.87. The molecule has 4 heteroatoms. The fourth-order valence-electron chi connectivity index (χ4n) is 7.27. The summed E-state index contributed by atoms with van der Waals surface area (Å²) in [4.78, 5) is 26.4. The molecule has 0 aromatic carbocycles. The topological polar surface area (TPSA) is 46.6 Å². The molecule has 138 valence electrons. The van der Waals surface area contributed by atoms with E-state index in [1.165, 1.54) is 13.5 Å². The number of methoxy groups -OCH3 is 1. The molecule has 1 aliphatic heterocycles. The lowest BCUT2D eigenvalue weighted by Crippen LogP contribution is -2.59. The molecule has 0 N–H and O–H groups in total. The molecule has 0 radical (unpaired) electrons. The van der Waals surface area contributed by atoms with E-state index in [2.05, 4.69) is 19.9 Å². The van der Waals surface area contributed by atoms with Crippen LogP contribution >= 0.6 is 0 Å². The minimum Gasteiger partial charge on any atom is -0.469 e. The van der Waals surface area contributed by atoms with Crippen LogP contribution in [-0.2, 0) is 14.3 Å². The highest BCUT2D eigenvalue weighted by Crippen LogP contribution is 2.65. The second kappa shape index (κ2) is 5.59. The standard InChI is InChI=1S/C21H31NO3/c1-20-11-9-15-13(14(20)6-7-16(20)19(24)25-4)5-8-17-21(15,2)12-10-18(23)22(17)3/h10,12-17H,5-9,11H2,1-4H3/t13-,14-,15-,16-,17+,20-,21+/m0/s1. The highest BCUT2D eigenvalue weighted by molar-refractivity contribution is 5.89. The average molecular weight is 345 g/mol. The SMILES string of the molecule is COC(=O)[C@@H]1CC[C@H]2[C@@H]3CC[C@H]4N(C)C(=O)C=C[C@]4(C)[C@H]3CC[C@]12C. The summed E-state index contributed by atoms with van der Waals surface area (Å²) in [5.74, 6) is 2.11. The fourth-order valence-corrected chi connectivity index (χ4v) is 7.27. The van der Waals surface area contributed by atoms with Gasteiger partial charge in [-0.05, 0) is 67.8 Å². The minimum atomic E-state index is -0.00811. The van der Waals surface area contributed by atoms with Crippen molar-refractivity contribution < 1.29 is 14.3 Å². The normalized spacial score (nSPS) is 48.6. The Morgan fingerprint density at radius 2 is 1.92 bits per heavy atom. The minimum absolute atomic E-state index is 0.00811. The number of likely N-dealkylation sites (N-methyl/N-ethyl adjacent to an activating group) is 1. The molecule has 0 spiro atoms. The molecular formula is C21H31NO3. The number of hydrogen-bond acceptors (Lipinski definition) is 3. The summed E-state index contributed by atoms with van der Waals surface area (Å²) in [5, 5.41) is 0. The third-order valence-electron chi connectivity index (χ3n) is 8.61. The van der Waals surface area contributed by atoms with Gasteiger partial charge in [-0.3, -0.25) is 9.59 Å². The molecule has 4 nitrogen and oxygen atoms in total. The van der Waals surface area contributed by atoms with Crippen molar-refractivity contribution in [2.75, 3.05) is 14.2 Å². The molecule has 7 atom stereocenters. The fraction of sp³-hybridized carbons (Fsp3) is 0.810. The van der Waals surface area contributed by atoms with Gasteiger partial charge in [0.25, 0.3) is 0 Å². The average Bonchev–Trinajstić information content (AvgIpc) is 2.95. The van der Waals surface area contributed by atoms with Crippen molar-refractivity contribution in [1.29, 1.82) is 0 Å². The van der Waals surface area contributed by atoms with Gasteiger partial charge in [0.05, 0.1) is 13.0 Å². The van der Waals surface area contributed by atoms with Crippen LogP contribution in [0.15, 0.2) is 12.2 Å². The van der Waals surface area contributed by atoms with Crippen LogP contribution in [0.5, 0.6) is 0 Å². The molecule has 4 aliphatic rings. The Morgan fingerprint density at radius 1 is 1.16 bits per heavy atom. The van der Waals surface area contributed by atoms with Gasteiger partial charge in [0.15, 0.2) is 0 Å². The van der Waals surface area contributed by atoms with Crippen molar-refractivity contribution >= 4 is 11.9 Å². The van der Waals surface area contributed by atoms with Crippen LogP contribution in [0.3, 0.4) is 0 Å². The highest BCUT2D eigenvalue weighted by Gasteiger charge is 2.61. The van der Waals surface area contributed by atoms with Gasteiger partial charge in [-0.15, -0.1) is 0 Å². The number of fused-ring (bicyclic) bond motifs is 5. The van der Waals surface area contributed by atoms with Crippen LogP contribution in [0, 0.1) is 34.5 Å². The summed E-state index contributed by atoms with van der Waals surface area (Å²) in [5.41, 5.74) is 0.174. The Hall–Kier alpha value is -1.32. The van der Waals surface area contributed by atoms with E-state index in [0.29, 0.717) is 23.8 Å². The monoisotopic (exact) mass is 345 g/mol. The van der Waals surface area contributed by atoms with Gasteiger partial charge in [-0.1, -0.05) is 19.9 Å². The zero-order valence-electron chi connectivity index (χ0n) is 16.0. The summed E-state index contributed by atoms with van der Waals surface area (Å²) < 4.78 is 5.12. The van der Waals surface area contributed by atoms with Gasteiger partial charge >= 0.3 is 5.97 Å². The van der Waals surface area contributed by atoms with Gasteiger partial charge in [0.2, 0.25) is 5.91 Å². The lowest BCUT2D eigenvalue weighted by Gasteiger charge is -2.60. The van der Waals surface area contributed by atoms with Gasteiger partial charge in [0, 0.05) is 18.5 Å². The molecule has 0 aromatic rings. The van der Waals surface area contributed by atoms with Crippen LogP contribution in [0.1, 0.15) is 52.4 Å². The zero-order valence-corrected chi connectivity index (χ0v) is 16.0. The Labute approximate surface area is 151 Å². The Kier molecular flexibility index (Phi) is 3.82. The smallest absolute Gasteiger partial charge is 0.309 e. The summed E-state index contributed by atoms with van der Waals surface area (Å²) in [6, 6.07) is 0.327. The maximum absolute atomic E-state index is 12.3. The number of esters is 1. The Bertz CT molecular complexity index is 629.